The van der Waals surface area contributed by atoms with Crippen molar-refractivity contribution in [2.24, 2.45) is 11.8 Å². The Bertz CT molecular complexity index is 369. The normalized spacial score (nSPS) is 36.7. The fraction of sp³-hybridized carbons (Fsp3) is 1.00. The van der Waals surface area contributed by atoms with E-state index in [4.69, 9.17) is 0 Å². The molecule has 2 atom stereocenters. The van der Waals surface area contributed by atoms with Crippen molar-refractivity contribution in [2.75, 3.05) is 18.1 Å². The van der Waals surface area contributed by atoms with Crippen molar-refractivity contribution in [2.45, 2.75) is 57.9 Å². The number of rotatable bonds is 3. The first-order chi connectivity index (χ1) is 8.44. The molecule has 0 radical (unpaired) electrons. The summed E-state index contributed by atoms with van der Waals surface area (Å²) in [5.74, 6) is 1.79. The van der Waals surface area contributed by atoms with Crippen LogP contribution in [0.2, 0.25) is 0 Å². The molecular weight excluding hydrogens is 246 g/mol. The Hall–Kier alpha value is -0.0900. The summed E-state index contributed by atoms with van der Waals surface area (Å²) in [6.07, 6.45) is 6.75. The van der Waals surface area contributed by atoms with E-state index in [0.29, 0.717) is 23.3 Å². The quantitative estimate of drug-likeness (QED) is 0.858. The van der Waals surface area contributed by atoms with Gasteiger partial charge < -0.3 is 5.32 Å². The maximum absolute atomic E-state index is 11.8. The summed E-state index contributed by atoms with van der Waals surface area (Å²) in [5, 5.41) is 3.71. The molecule has 2 aliphatic heterocycles. The first-order valence-electron chi connectivity index (χ1n) is 7.39. The van der Waals surface area contributed by atoms with Gasteiger partial charge in [0.15, 0.2) is 9.84 Å². The van der Waals surface area contributed by atoms with Crippen LogP contribution in [0.5, 0.6) is 0 Å². The molecule has 2 saturated heterocycles. The summed E-state index contributed by atoms with van der Waals surface area (Å²) >= 11 is 0. The average molecular weight is 273 g/mol. The highest BCUT2D eigenvalue weighted by Crippen LogP contribution is 2.36. The van der Waals surface area contributed by atoms with Crippen LogP contribution in [0.4, 0.5) is 0 Å². The van der Waals surface area contributed by atoms with Gasteiger partial charge in [0.1, 0.15) is 0 Å². The minimum Gasteiger partial charge on any atom is -0.311 e. The Balaban J connectivity index is 2.05. The van der Waals surface area contributed by atoms with Crippen LogP contribution >= 0.6 is 0 Å². The van der Waals surface area contributed by atoms with E-state index in [1.165, 1.54) is 19.3 Å². The number of hydrogen-bond acceptors (Lipinski definition) is 3. The van der Waals surface area contributed by atoms with Crippen molar-refractivity contribution >= 4 is 9.84 Å². The molecule has 1 N–H and O–H groups in total. The van der Waals surface area contributed by atoms with Gasteiger partial charge in [0.05, 0.1) is 11.5 Å². The Morgan fingerprint density at radius 2 is 2.06 bits per heavy atom. The molecule has 2 unspecified atom stereocenters. The first kappa shape index (κ1) is 14.3. The molecule has 0 spiro atoms. The third kappa shape index (κ3) is 3.27. The molecule has 0 aromatic heterocycles. The van der Waals surface area contributed by atoms with Gasteiger partial charge in [-0.05, 0) is 50.5 Å². The van der Waals surface area contributed by atoms with Gasteiger partial charge in [-0.3, -0.25) is 0 Å². The zero-order valence-corrected chi connectivity index (χ0v) is 12.6. The molecule has 0 amide bonds. The highest BCUT2D eigenvalue weighted by atomic mass is 32.2. The van der Waals surface area contributed by atoms with Crippen molar-refractivity contribution in [3.05, 3.63) is 0 Å². The first-order valence-corrected chi connectivity index (χ1v) is 9.21. The van der Waals surface area contributed by atoms with Gasteiger partial charge in [-0.2, -0.15) is 0 Å². The summed E-state index contributed by atoms with van der Waals surface area (Å²) in [5.41, 5.74) is 0.190. The highest BCUT2D eigenvalue weighted by Gasteiger charge is 2.38. The topological polar surface area (TPSA) is 46.2 Å². The maximum Gasteiger partial charge on any atom is 0.150 e. The third-order valence-electron chi connectivity index (χ3n) is 4.84. The minimum atomic E-state index is -2.76. The van der Waals surface area contributed by atoms with Crippen molar-refractivity contribution in [3.63, 3.8) is 0 Å². The van der Waals surface area contributed by atoms with Crippen LogP contribution in [0.3, 0.4) is 0 Å². The van der Waals surface area contributed by atoms with E-state index >= 15 is 0 Å². The zero-order chi connectivity index (χ0) is 13.2. The fourth-order valence-corrected chi connectivity index (χ4v) is 5.46. The molecule has 0 aliphatic carbocycles. The molecule has 0 aromatic carbocycles. The predicted molar refractivity (Wildman–Crippen MR) is 75.4 cm³/mol. The number of piperidine rings is 1. The molecule has 3 nitrogen and oxygen atoms in total. The molecule has 2 heterocycles. The second kappa shape index (κ2) is 5.49. The smallest absolute Gasteiger partial charge is 0.150 e. The Labute approximate surface area is 112 Å². The number of hydrogen-bond donors (Lipinski definition) is 1. The summed E-state index contributed by atoms with van der Waals surface area (Å²) in [7, 11) is -2.76. The van der Waals surface area contributed by atoms with Crippen molar-refractivity contribution in [1.29, 1.82) is 0 Å². The second-order valence-electron chi connectivity index (χ2n) is 6.52. The number of sulfone groups is 1. The van der Waals surface area contributed by atoms with Gasteiger partial charge in [0.2, 0.25) is 0 Å². The minimum absolute atomic E-state index is 0.190. The molecule has 0 aromatic rings. The summed E-state index contributed by atoms with van der Waals surface area (Å²) < 4.78 is 23.5. The molecule has 2 fully saturated rings. The van der Waals surface area contributed by atoms with Gasteiger partial charge in [0.25, 0.3) is 0 Å². The zero-order valence-electron chi connectivity index (χ0n) is 11.7. The Morgan fingerprint density at radius 3 is 2.61 bits per heavy atom. The molecule has 4 heteroatoms. The predicted octanol–water partition coefficient (Wildman–Crippen LogP) is 2.37. The molecule has 106 valence electrons. The van der Waals surface area contributed by atoms with E-state index in [-0.39, 0.29) is 5.54 Å². The van der Waals surface area contributed by atoms with Gasteiger partial charge in [-0.1, -0.05) is 20.3 Å². The summed E-state index contributed by atoms with van der Waals surface area (Å²) in [4.78, 5) is 0. The Kier molecular flexibility index (Phi) is 4.37. The van der Waals surface area contributed by atoms with Gasteiger partial charge in [0, 0.05) is 5.54 Å². The van der Waals surface area contributed by atoms with E-state index in [1.807, 2.05) is 0 Å². The fourth-order valence-electron chi connectivity index (χ4n) is 3.69. The lowest BCUT2D eigenvalue weighted by Crippen LogP contribution is -2.54. The van der Waals surface area contributed by atoms with Gasteiger partial charge in [-0.25, -0.2) is 8.42 Å². The van der Waals surface area contributed by atoms with Crippen LogP contribution in [0.1, 0.15) is 52.4 Å². The lowest BCUT2D eigenvalue weighted by molar-refractivity contribution is 0.144. The maximum atomic E-state index is 11.8. The lowest BCUT2D eigenvalue weighted by atomic mass is 9.73. The molecule has 2 aliphatic rings. The van der Waals surface area contributed by atoms with Crippen LogP contribution in [-0.4, -0.2) is 32.0 Å². The lowest BCUT2D eigenvalue weighted by Gasteiger charge is -2.44. The van der Waals surface area contributed by atoms with Crippen LogP contribution in [0, 0.1) is 11.8 Å². The standard InChI is InChI=1S/C14H27NO2S/c1-12(2)14(7-3-4-8-15-14)10-13-6-5-9-18(16,17)11-13/h12-13,15H,3-11H2,1-2H3. The van der Waals surface area contributed by atoms with Crippen LogP contribution in [0.15, 0.2) is 0 Å². The van der Waals surface area contributed by atoms with Gasteiger partial charge in [-0.15, -0.1) is 0 Å². The largest absolute Gasteiger partial charge is 0.311 e. The average Bonchev–Trinajstić information content (AvgIpc) is 2.28. The molecule has 0 bridgehead atoms. The second-order valence-corrected chi connectivity index (χ2v) is 8.75. The van der Waals surface area contributed by atoms with Crippen molar-refractivity contribution in [1.82, 2.24) is 5.32 Å². The monoisotopic (exact) mass is 273 g/mol. The molecule has 0 saturated carbocycles. The van der Waals surface area contributed by atoms with Crippen molar-refractivity contribution in [3.8, 4) is 0 Å². The van der Waals surface area contributed by atoms with E-state index in [9.17, 15) is 8.42 Å². The van der Waals surface area contributed by atoms with E-state index < -0.39 is 9.84 Å². The van der Waals surface area contributed by atoms with Crippen LogP contribution in [0.25, 0.3) is 0 Å². The summed E-state index contributed by atoms with van der Waals surface area (Å²) in [6.45, 7) is 5.64. The van der Waals surface area contributed by atoms with E-state index in [1.54, 1.807) is 0 Å². The van der Waals surface area contributed by atoms with Crippen molar-refractivity contribution < 1.29 is 8.42 Å². The number of nitrogens with one attached hydrogen (secondary N) is 1. The van der Waals surface area contributed by atoms with Crippen LogP contribution < -0.4 is 5.32 Å². The Morgan fingerprint density at radius 1 is 1.28 bits per heavy atom. The van der Waals surface area contributed by atoms with Crippen LogP contribution in [-0.2, 0) is 9.84 Å². The third-order valence-corrected chi connectivity index (χ3v) is 6.73. The molecule has 18 heavy (non-hydrogen) atoms. The molecular formula is C14H27NO2S. The summed E-state index contributed by atoms with van der Waals surface area (Å²) in [6, 6.07) is 0. The highest BCUT2D eigenvalue weighted by molar-refractivity contribution is 7.91. The van der Waals surface area contributed by atoms with E-state index in [0.717, 1.165) is 25.8 Å². The SMILES string of the molecule is CC(C)C1(CC2CCCS(=O)(=O)C2)CCCCN1. The van der Waals surface area contributed by atoms with Gasteiger partial charge >= 0.3 is 0 Å². The molecule has 2 rings (SSSR count). The van der Waals surface area contributed by atoms with E-state index in [2.05, 4.69) is 19.2 Å².